The Bertz CT molecular complexity index is 752. The van der Waals surface area contributed by atoms with Crippen molar-refractivity contribution in [3.05, 3.63) is 12.2 Å². The maximum atomic E-state index is 13.5. The summed E-state index contributed by atoms with van der Waals surface area (Å²) in [7, 11) is 0. The molecule has 0 aromatic heterocycles. The highest BCUT2D eigenvalue weighted by Gasteiger charge is 2.75. The Labute approximate surface area is 160 Å². The maximum Gasteiger partial charge on any atom is 0.302 e. The van der Waals surface area contributed by atoms with Crippen molar-refractivity contribution >= 4 is 17.5 Å². The second-order valence-electron chi connectivity index (χ2n) is 10.0. The van der Waals surface area contributed by atoms with E-state index in [-0.39, 0.29) is 34.7 Å². The van der Waals surface area contributed by atoms with Gasteiger partial charge in [0.05, 0.1) is 11.5 Å². The average Bonchev–Trinajstić information content (AvgIpc) is 2.70. The first-order valence-electron chi connectivity index (χ1n) is 10.1. The van der Waals surface area contributed by atoms with Crippen molar-refractivity contribution in [2.24, 2.45) is 34.0 Å². The first kappa shape index (κ1) is 18.9. The van der Waals surface area contributed by atoms with E-state index in [0.717, 1.165) is 19.3 Å². The minimum Gasteiger partial charge on any atom is -0.461 e. The quantitative estimate of drug-likeness (QED) is 0.564. The summed E-state index contributed by atoms with van der Waals surface area (Å²) in [5.74, 6) is -0.619. The summed E-state index contributed by atoms with van der Waals surface area (Å²) in [5.41, 5.74) is -1.38. The number of carbonyl (C=O) groups excluding carboxylic acids is 3. The Morgan fingerprint density at radius 3 is 2.48 bits per heavy atom. The summed E-state index contributed by atoms with van der Waals surface area (Å²) in [6, 6.07) is 0. The molecule has 0 aromatic carbocycles. The highest BCUT2D eigenvalue weighted by molar-refractivity contribution is 6.05. The molecule has 27 heavy (non-hydrogen) atoms. The monoisotopic (exact) mass is 374 g/mol. The van der Waals surface area contributed by atoms with Gasteiger partial charge in [-0.25, -0.2) is 0 Å². The number of hydrogen-bond donors (Lipinski definition) is 1. The lowest BCUT2D eigenvalue weighted by Crippen LogP contribution is -2.68. The van der Waals surface area contributed by atoms with E-state index in [1.807, 2.05) is 13.8 Å². The lowest BCUT2D eigenvalue weighted by Gasteiger charge is -2.64. The van der Waals surface area contributed by atoms with E-state index in [0.29, 0.717) is 18.4 Å². The van der Waals surface area contributed by atoms with Gasteiger partial charge in [-0.2, -0.15) is 0 Å². The van der Waals surface area contributed by atoms with Gasteiger partial charge in [-0.05, 0) is 48.5 Å². The number of aliphatic hydroxyl groups is 1. The number of hydrogen-bond acceptors (Lipinski definition) is 5. The molecule has 1 spiro atoms. The van der Waals surface area contributed by atoms with Gasteiger partial charge in [0.15, 0.2) is 5.78 Å². The predicted molar refractivity (Wildman–Crippen MR) is 98.6 cm³/mol. The van der Waals surface area contributed by atoms with Gasteiger partial charge in [0.25, 0.3) is 0 Å². The van der Waals surface area contributed by atoms with Crippen LogP contribution in [0.4, 0.5) is 0 Å². The van der Waals surface area contributed by atoms with Crippen molar-refractivity contribution in [2.45, 2.75) is 72.0 Å². The van der Waals surface area contributed by atoms with Crippen molar-refractivity contribution < 1.29 is 24.2 Å². The Morgan fingerprint density at radius 2 is 1.85 bits per heavy atom. The van der Waals surface area contributed by atoms with Crippen molar-refractivity contribution in [3.63, 3.8) is 0 Å². The van der Waals surface area contributed by atoms with Crippen LogP contribution in [0.3, 0.4) is 0 Å². The van der Waals surface area contributed by atoms with E-state index in [1.165, 1.54) is 6.92 Å². The van der Waals surface area contributed by atoms with Crippen molar-refractivity contribution in [3.8, 4) is 0 Å². The van der Waals surface area contributed by atoms with Crippen LogP contribution in [0.15, 0.2) is 12.2 Å². The third kappa shape index (κ3) is 2.07. The molecule has 4 aliphatic carbocycles. The zero-order valence-electron chi connectivity index (χ0n) is 16.7. The fourth-order valence-corrected chi connectivity index (χ4v) is 7.46. The number of fused-ring (bicyclic) bond motifs is 3. The van der Waals surface area contributed by atoms with Crippen LogP contribution in [0.2, 0.25) is 0 Å². The molecule has 5 heteroatoms. The second kappa shape index (κ2) is 5.53. The lowest BCUT2D eigenvalue weighted by molar-refractivity contribution is -0.229. The maximum absolute atomic E-state index is 13.5. The Morgan fingerprint density at radius 1 is 1.19 bits per heavy atom. The molecule has 4 rings (SSSR count). The summed E-state index contributed by atoms with van der Waals surface area (Å²) >= 11 is 0. The van der Waals surface area contributed by atoms with Crippen molar-refractivity contribution in [2.75, 3.05) is 0 Å². The summed E-state index contributed by atoms with van der Waals surface area (Å²) in [4.78, 5) is 37.9. The number of carbonyl (C=O) groups is 3. The van der Waals surface area contributed by atoms with Crippen LogP contribution in [0.25, 0.3) is 0 Å². The third-order valence-corrected chi connectivity index (χ3v) is 8.69. The largest absolute Gasteiger partial charge is 0.461 e. The summed E-state index contributed by atoms with van der Waals surface area (Å²) in [6.45, 7) is 11.5. The van der Waals surface area contributed by atoms with Gasteiger partial charge in [-0.1, -0.05) is 27.4 Å². The molecule has 5 nitrogen and oxygen atoms in total. The molecule has 4 fully saturated rings. The predicted octanol–water partition coefficient (Wildman–Crippen LogP) is 2.85. The average molecular weight is 374 g/mol. The number of esters is 1. The summed E-state index contributed by atoms with van der Waals surface area (Å²) in [6.07, 6.45) is 1.57. The van der Waals surface area contributed by atoms with E-state index in [2.05, 4.69) is 13.5 Å². The number of ketones is 2. The van der Waals surface area contributed by atoms with Gasteiger partial charge in [-0.3, -0.25) is 14.4 Å². The Hall–Kier alpha value is -1.49. The van der Waals surface area contributed by atoms with Crippen LogP contribution in [0, 0.1) is 34.0 Å². The molecule has 148 valence electrons. The minimum atomic E-state index is -1.10. The zero-order valence-corrected chi connectivity index (χ0v) is 16.7. The van der Waals surface area contributed by atoms with E-state index in [9.17, 15) is 19.5 Å². The topological polar surface area (TPSA) is 80.7 Å². The standard InChI is InChI=1S/C22H30O5/c1-11-13-6-7-14-21(5)9-8-16(24)20(3,4)15(21)10-17(25)22(14,18(11)26)19(13)27-12(2)23/h13-15,17,19,25H,1,6-10H2,2-5H3/t13?,14?,15-,17-,19+,21+,22?/m1/s1. The molecular formula is C22H30O5. The third-order valence-electron chi connectivity index (χ3n) is 8.69. The molecule has 4 aliphatic rings. The van der Waals surface area contributed by atoms with Gasteiger partial charge < -0.3 is 9.84 Å². The van der Waals surface area contributed by atoms with Crippen LogP contribution >= 0.6 is 0 Å². The van der Waals surface area contributed by atoms with Gasteiger partial charge in [-0.15, -0.1) is 0 Å². The molecule has 1 N–H and O–H groups in total. The van der Waals surface area contributed by atoms with E-state index < -0.39 is 29.0 Å². The first-order valence-corrected chi connectivity index (χ1v) is 10.1. The van der Waals surface area contributed by atoms with E-state index in [4.69, 9.17) is 4.74 Å². The molecule has 7 atom stereocenters. The summed E-state index contributed by atoms with van der Waals surface area (Å²) in [5, 5.41) is 11.4. The fourth-order valence-electron chi connectivity index (χ4n) is 7.46. The number of aliphatic hydroxyl groups excluding tert-OH is 1. The van der Waals surface area contributed by atoms with Crippen LogP contribution in [0.1, 0.15) is 59.8 Å². The molecule has 0 amide bonds. The lowest BCUT2D eigenvalue weighted by atomic mass is 9.39. The van der Waals surface area contributed by atoms with E-state index >= 15 is 0 Å². The molecule has 3 unspecified atom stereocenters. The van der Waals surface area contributed by atoms with Gasteiger partial charge in [0, 0.05) is 24.7 Å². The van der Waals surface area contributed by atoms with Gasteiger partial charge in [0.2, 0.25) is 0 Å². The number of ether oxygens (including phenoxy) is 1. The van der Waals surface area contributed by atoms with Crippen LogP contribution in [-0.2, 0) is 19.1 Å². The van der Waals surface area contributed by atoms with Gasteiger partial charge in [0.1, 0.15) is 11.9 Å². The Balaban J connectivity index is 1.88. The zero-order chi connectivity index (χ0) is 19.9. The van der Waals surface area contributed by atoms with Crippen LogP contribution in [-0.4, -0.2) is 34.9 Å². The molecule has 0 radical (unpaired) electrons. The highest BCUT2D eigenvalue weighted by Crippen LogP contribution is 2.71. The van der Waals surface area contributed by atoms with Gasteiger partial charge >= 0.3 is 5.97 Å². The van der Waals surface area contributed by atoms with Crippen LogP contribution < -0.4 is 0 Å². The normalized spacial score (nSPS) is 48.0. The van der Waals surface area contributed by atoms with Crippen LogP contribution in [0.5, 0.6) is 0 Å². The molecular weight excluding hydrogens is 344 g/mol. The number of Topliss-reactive ketones (excluding diaryl/α,β-unsaturated/α-hetero) is 2. The SMILES string of the molecule is C=C1C(=O)C23C(CCC1[C@@H]2OC(C)=O)[C@]1(C)CCC(=O)C(C)(C)[C@H]1C[C@H]3O. The second-order valence-corrected chi connectivity index (χ2v) is 10.0. The molecule has 0 saturated heterocycles. The highest BCUT2D eigenvalue weighted by atomic mass is 16.5. The molecule has 0 aromatic rings. The number of rotatable bonds is 1. The van der Waals surface area contributed by atoms with Crippen molar-refractivity contribution in [1.29, 1.82) is 0 Å². The smallest absolute Gasteiger partial charge is 0.302 e. The fraction of sp³-hybridized carbons (Fsp3) is 0.773. The molecule has 2 bridgehead atoms. The molecule has 0 heterocycles. The first-order chi connectivity index (χ1) is 12.5. The van der Waals surface area contributed by atoms with Crippen molar-refractivity contribution in [1.82, 2.24) is 0 Å². The minimum absolute atomic E-state index is 0.00747. The summed E-state index contributed by atoms with van der Waals surface area (Å²) < 4.78 is 5.70. The van der Waals surface area contributed by atoms with E-state index in [1.54, 1.807) is 0 Å². The molecule has 0 aliphatic heterocycles. The Kier molecular flexibility index (Phi) is 3.86. The molecule has 4 saturated carbocycles.